The molecule has 0 radical (unpaired) electrons. The van der Waals surface area contributed by atoms with E-state index in [0.29, 0.717) is 0 Å². The number of benzene rings is 1. The normalized spacial score (nSPS) is 10.4. The van der Waals surface area contributed by atoms with Crippen molar-refractivity contribution in [3.8, 4) is 22.6 Å². The van der Waals surface area contributed by atoms with Crippen LogP contribution in [0.4, 0.5) is 0 Å². The summed E-state index contributed by atoms with van der Waals surface area (Å²) in [7, 11) is 3.35. The predicted octanol–water partition coefficient (Wildman–Crippen LogP) is 3.27. The third kappa shape index (κ3) is 3.95. The molecular formula is C17H22N2O2. The summed E-state index contributed by atoms with van der Waals surface area (Å²) < 4.78 is 10.7. The molecule has 2 rings (SSSR count). The van der Waals surface area contributed by atoms with E-state index in [-0.39, 0.29) is 0 Å². The van der Waals surface area contributed by atoms with E-state index in [2.05, 4.69) is 23.3 Å². The van der Waals surface area contributed by atoms with Gasteiger partial charge in [0, 0.05) is 23.9 Å². The van der Waals surface area contributed by atoms with Crippen molar-refractivity contribution in [3.63, 3.8) is 0 Å². The van der Waals surface area contributed by atoms with Crippen molar-refractivity contribution in [2.24, 2.45) is 0 Å². The Kier molecular flexibility index (Phi) is 5.58. The van der Waals surface area contributed by atoms with Crippen LogP contribution >= 0.6 is 0 Å². The molecule has 4 nitrogen and oxygen atoms in total. The van der Waals surface area contributed by atoms with Crippen molar-refractivity contribution < 1.29 is 9.47 Å². The number of ether oxygens (including phenoxy) is 2. The first-order chi connectivity index (χ1) is 10.3. The molecule has 0 saturated carbocycles. The Morgan fingerprint density at radius 2 is 1.90 bits per heavy atom. The van der Waals surface area contributed by atoms with E-state index >= 15 is 0 Å². The average molecular weight is 286 g/mol. The van der Waals surface area contributed by atoms with Crippen LogP contribution < -0.4 is 14.8 Å². The molecule has 0 spiro atoms. The monoisotopic (exact) mass is 286 g/mol. The van der Waals surface area contributed by atoms with Gasteiger partial charge in [0.2, 0.25) is 0 Å². The fraction of sp³-hybridized carbons (Fsp3) is 0.353. The van der Waals surface area contributed by atoms with Crippen LogP contribution in [-0.2, 0) is 6.54 Å². The highest BCUT2D eigenvalue weighted by atomic mass is 16.5. The predicted molar refractivity (Wildman–Crippen MR) is 84.8 cm³/mol. The van der Waals surface area contributed by atoms with Crippen LogP contribution in [0.15, 0.2) is 36.7 Å². The quantitative estimate of drug-likeness (QED) is 0.793. The summed E-state index contributed by atoms with van der Waals surface area (Å²) in [4.78, 5) is 4.21. The molecule has 0 aliphatic rings. The maximum atomic E-state index is 5.43. The Hall–Kier alpha value is -2.07. The molecule has 0 unspecified atom stereocenters. The molecule has 0 atom stereocenters. The minimum absolute atomic E-state index is 0.758. The Balaban J connectivity index is 2.29. The topological polar surface area (TPSA) is 43.4 Å². The maximum Gasteiger partial charge on any atom is 0.137 e. The standard InChI is InChI=1S/C17H22N2O2/c1-4-7-18-11-15-8-13(5-6-17(15)21-3)14-9-16(20-2)12-19-10-14/h5-6,8-10,12,18H,4,7,11H2,1-3H3. The van der Waals surface area contributed by atoms with E-state index in [9.17, 15) is 0 Å². The zero-order valence-electron chi connectivity index (χ0n) is 12.8. The molecule has 1 aromatic heterocycles. The van der Waals surface area contributed by atoms with Crippen LogP contribution in [0.2, 0.25) is 0 Å². The smallest absolute Gasteiger partial charge is 0.137 e. The van der Waals surface area contributed by atoms with Crippen molar-refractivity contribution in [3.05, 3.63) is 42.2 Å². The number of hydrogen-bond acceptors (Lipinski definition) is 4. The van der Waals surface area contributed by atoms with E-state index < -0.39 is 0 Å². The lowest BCUT2D eigenvalue weighted by Gasteiger charge is -2.12. The first-order valence-corrected chi connectivity index (χ1v) is 7.15. The zero-order chi connectivity index (χ0) is 15.1. The van der Waals surface area contributed by atoms with E-state index in [1.807, 2.05) is 24.4 Å². The summed E-state index contributed by atoms with van der Waals surface area (Å²) in [5.41, 5.74) is 3.29. The lowest BCUT2D eigenvalue weighted by Crippen LogP contribution is -2.14. The van der Waals surface area contributed by atoms with Gasteiger partial charge in [-0.15, -0.1) is 0 Å². The fourth-order valence-corrected chi connectivity index (χ4v) is 2.18. The third-order valence-corrected chi connectivity index (χ3v) is 3.30. The third-order valence-electron chi connectivity index (χ3n) is 3.30. The molecule has 0 amide bonds. The van der Waals surface area contributed by atoms with Crippen LogP contribution in [0.5, 0.6) is 11.5 Å². The minimum Gasteiger partial charge on any atom is -0.496 e. The van der Waals surface area contributed by atoms with Gasteiger partial charge in [-0.05, 0) is 36.7 Å². The molecular weight excluding hydrogens is 264 g/mol. The highest BCUT2D eigenvalue weighted by molar-refractivity contribution is 5.66. The van der Waals surface area contributed by atoms with Crippen LogP contribution in [0.3, 0.4) is 0 Å². The van der Waals surface area contributed by atoms with Crippen LogP contribution in [0, 0.1) is 0 Å². The summed E-state index contributed by atoms with van der Waals surface area (Å²) in [6.07, 6.45) is 4.66. The van der Waals surface area contributed by atoms with E-state index in [4.69, 9.17) is 9.47 Å². The summed E-state index contributed by atoms with van der Waals surface area (Å²) in [6, 6.07) is 8.16. The van der Waals surface area contributed by atoms with Gasteiger partial charge in [-0.1, -0.05) is 13.0 Å². The molecule has 0 aliphatic heterocycles. The Morgan fingerprint density at radius 1 is 1.05 bits per heavy atom. The van der Waals surface area contributed by atoms with Gasteiger partial charge in [0.15, 0.2) is 0 Å². The van der Waals surface area contributed by atoms with Gasteiger partial charge in [0.25, 0.3) is 0 Å². The van der Waals surface area contributed by atoms with Gasteiger partial charge in [-0.2, -0.15) is 0 Å². The first kappa shape index (κ1) is 15.3. The van der Waals surface area contributed by atoms with Crippen LogP contribution in [0.25, 0.3) is 11.1 Å². The molecule has 0 fully saturated rings. The van der Waals surface area contributed by atoms with Gasteiger partial charge in [-0.3, -0.25) is 4.98 Å². The number of hydrogen-bond donors (Lipinski definition) is 1. The highest BCUT2D eigenvalue weighted by Crippen LogP contribution is 2.28. The summed E-state index contributed by atoms with van der Waals surface area (Å²) in [6.45, 7) is 3.94. The second-order valence-electron chi connectivity index (χ2n) is 4.82. The highest BCUT2D eigenvalue weighted by Gasteiger charge is 2.07. The summed E-state index contributed by atoms with van der Waals surface area (Å²) in [5.74, 6) is 1.66. The minimum atomic E-state index is 0.758. The van der Waals surface area contributed by atoms with Crippen molar-refractivity contribution in [1.29, 1.82) is 0 Å². The Labute approximate surface area is 126 Å². The van der Waals surface area contributed by atoms with E-state index in [0.717, 1.165) is 47.7 Å². The molecule has 1 heterocycles. The second kappa shape index (κ2) is 7.64. The van der Waals surface area contributed by atoms with Gasteiger partial charge in [0.1, 0.15) is 11.5 Å². The van der Waals surface area contributed by atoms with Crippen molar-refractivity contribution in [1.82, 2.24) is 10.3 Å². The van der Waals surface area contributed by atoms with Crippen molar-refractivity contribution in [2.45, 2.75) is 19.9 Å². The molecule has 0 aliphatic carbocycles. The molecule has 1 aromatic carbocycles. The Morgan fingerprint density at radius 3 is 2.62 bits per heavy atom. The number of aromatic nitrogens is 1. The zero-order valence-corrected chi connectivity index (χ0v) is 12.8. The summed E-state index contributed by atoms with van der Waals surface area (Å²) >= 11 is 0. The number of methoxy groups -OCH3 is 2. The van der Waals surface area contributed by atoms with Gasteiger partial charge in [-0.25, -0.2) is 0 Å². The molecule has 1 N–H and O–H groups in total. The van der Waals surface area contributed by atoms with E-state index in [1.165, 1.54) is 0 Å². The molecule has 4 heteroatoms. The lowest BCUT2D eigenvalue weighted by atomic mass is 10.0. The first-order valence-electron chi connectivity index (χ1n) is 7.15. The summed E-state index contributed by atoms with van der Waals surface area (Å²) in [5, 5.41) is 3.41. The van der Waals surface area contributed by atoms with Crippen molar-refractivity contribution in [2.75, 3.05) is 20.8 Å². The number of pyridine rings is 1. The molecule has 0 bridgehead atoms. The average Bonchev–Trinajstić information content (AvgIpc) is 2.55. The van der Waals surface area contributed by atoms with Gasteiger partial charge in [0.05, 0.1) is 20.4 Å². The number of nitrogens with zero attached hydrogens (tertiary/aromatic N) is 1. The number of nitrogens with one attached hydrogen (secondary N) is 1. The van der Waals surface area contributed by atoms with E-state index in [1.54, 1.807) is 20.4 Å². The molecule has 21 heavy (non-hydrogen) atoms. The Bertz CT molecular complexity index is 585. The fourth-order valence-electron chi connectivity index (χ4n) is 2.18. The lowest BCUT2D eigenvalue weighted by molar-refractivity contribution is 0.408. The van der Waals surface area contributed by atoms with Gasteiger partial charge >= 0.3 is 0 Å². The molecule has 2 aromatic rings. The second-order valence-corrected chi connectivity index (χ2v) is 4.82. The largest absolute Gasteiger partial charge is 0.496 e. The molecule has 112 valence electrons. The van der Waals surface area contributed by atoms with Gasteiger partial charge < -0.3 is 14.8 Å². The molecule has 0 saturated heterocycles. The maximum absolute atomic E-state index is 5.43. The SMILES string of the molecule is CCCNCc1cc(-c2cncc(OC)c2)ccc1OC. The van der Waals surface area contributed by atoms with Crippen LogP contribution in [0.1, 0.15) is 18.9 Å². The van der Waals surface area contributed by atoms with Crippen LogP contribution in [-0.4, -0.2) is 25.7 Å². The van der Waals surface area contributed by atoms with Crippen molar-refractivity contribution >= 4 is 0 Å². The number of rotatable bonds is 7.